The number of nitrogen functional groups attached to an aromatic ring is 2. The molecule has 1 saturated carbocycles. The molecule has 0 radical (unpaired) electrons. The highest BCUT2D eigenvalue weighted by Crippen LogP contribution is 2.32. The smallest absolute Gasteiger partial charge is 0.223 e. The van der Waals surface area contributed by atoms with Gasteiger partial charge in [0.25, 0.3) is 0 Å². The Balaban J connectivity index is 2.23. The minimum atomic E-state index is 0.254. The molecule has 5 nitrogen and oxygen atoms in total. The molecule has 1 aliphatic rings. The molecular formula is C11H19N5. The maximum atomic E-state index is 5.69. The predicted molar refractivity (Wildman–Crippen MR) is 66.1 cm³/mol. The van der Waals surface area contributed by atoms with E-state index in [2.05, 4.69) is 28.7 Å². The highest BCUT2D eigenvalue weighted by atomic mass is 15.3. The first-order valence-corrected chi connectivity index (χ1v) is 5.73. The van der Waals surface area contributed by atoms with Crippen molar-refractivity contribution >= 4 is 17.6 Å². The molecule has 2 rings (SSSR count). The lowest BCUT2D eigenvalue weighted by molar-refractivity contribution is 0.602. The van der Waals surface area contributed by atoms with Crippen molar-refractivity contribution in [3.05, 3.63) is 6.07 Å². The summed E-state index contributed by atoms with van der Waals surface area (Å²) in [5.74, 6) is 2.15. The van der Waals surface area contributed by atoms with Crippen LogP contribution in [-0.4, -0.2) is 22.6 Å². The van der Waals surface area contributed by atoms with E-state index in [1.807, 2.05) is 0 Å². The van der Waals surface area contributed by atoms with E-state index in [0.29, 0.717) is 17.8 Å². The topological polar surface area (TPSA) is 81.1 Å². The van der Waals surface area contributed by atoms with Crippen molar-refractivity contribution < 1.29 is 0 Å². The Labute approximate surface area is 95.9 Å². The lowest BCUT2D eigenvalue weighted by Gasteiger charge is -2.25. The Hall–Kier alpha value is -1.52. The Morgan fingerprint density at radius 1 is 1.38 bits per heavy atom. The van der Waals surface area contributed by atoms with Crippen molar-refractivity contribution in [2.45, 2.75) is 32.7 Å². The van der Waals surface area contributed by atoms with Gasteiger partial charge in [-0.05, 0) is 18.8 Å². The van der Waals surface area contributed by atoms with Crippen LogP contribution in [0.3, 0.4) is 0 Å². The highest BCUT2D eigenvalue weighted by Gasteiger charge is 2.30. The molecule has 1 fully saturated rings. The highest BCUT2D eigenvalue weighted by molar-refractivity contribution is 5.51. The molecule has 4 N–H and O–H groups in total. The van der Waals surface area contributed by atoms with E-state index in [4.69, 9.17) is 11.5 Å². The summed E-state index contributed by atoms with van der Waals surface area (Å²) in [6, 6.07) is 2.41. The first-order chi connectivity index (χ1) is 7.56. The van der Waals surface area contributed by atoms with Gasteiger partial charge in [-0.3, -0.25) is 0 Å². The number of nitrogens with two attached hydrogens (primary N) is 2. The maximum absolute atomic E-state index is 5.69. The quantitative estimate of drug-likeness (QED) is 0.800. The minimum absolute atomic E-state index is 0.254. The molecule has 0 unspecified atom stereocenters. The third kappa shape index (κ3) is 2.53. The van der Waals surface area contributed by atoms with Crippen LogP contribution < -0.4 is 16.4 Å². The minimum Gasteiger partial charge on any atom is -0.383 e. The van der Waals surface area contributed by atoms with Crippen LogP contribution in [0.5, 0.6) is 0 Å². The van der Waals surface area contributed by atoms with Gasteiger partial charge in [0.1, 0.15) is 11.6 Å². The molecule has 0 bridgehead atoms. The summed E-state index contributed by atoms with van der Waals surface area (Å²) >= 11 is 0. The van der Waals surface area contributed by atoms with Crippen LogP contribution in [0.2, 0.25) is 0 Å². The zero-order chi connectivity index (χ0) is 11.7. The first kappa shape index (κ1) is 11.0. The molecule has 0 amide bonds. The van der Waals surface area contributed by atoms with E-state index in [1.54, 1.807) is 6.07 Å². The zero-order valence-electron chi connectivity index (χ0n) is 9.85. The zero-order valence-corrected chi connectivity index (χ0v) is 9.85. The fourth-order valence-electron chi connectivity index (χ4n) is 1.83. The van der Waals surface area contributed by atoms with E-state index in [-0.39, 0.29) is 5.95 Å². The van der Waals surface area contributed by atoms with Crippen LogP contribution in [0.15, 0.2) is 6.07 Å². The second-order valence-electron chi connectivity index (χ2n) is 4.79. The van der Waals surface area contributed by atoms with Crippen molar-refractivity contribution in [1.82, 2.24) is 9.97 Å². The maximum Gasteiger partial charge on any atom is 0.223 e. The van der Waals surface area contributed by atoms with E-state index in [0.717, 1.165) is 12.4 Å². The summed E-state index contributed by atoms with van der Waals surface area (Å²) < 4.78 is 0. The van der Waals surface area contributed by atoms with Gasteiger partial charge < -0.3 is 16.4 Å². The Morgan fingerprint density at radius 3 is 2.56 bits per heavy atom. The summed E-state index contributed by atoms with van der Waals surface area (Å²) in [5, 5.41) is 0. The van der Waals surface area contributed by atoms with Crippen LogP contribution in [-0.2, 0) is 0 Å². The number of hydrogen-bond donors (Lipinski definition) is 2. The molecular weight excluding hydrogens is 202 g/mol. The largest absolute Gasteiger partial charge is 0.383 e. The molecule has 1 aromatic rings. The van der Waals surface area contributed by atoms with Gasteiger partial charge >= 0.3 is 0 Å². The molecule has 0 saturated heterocycles. The van der Waals surface area contributed by atoms with Crippen LogP contribution in [0.1, 0.15) is 26.7 Å². The Bertz CT molecular complexity index is 352. The second-order valence-corrected chi connectivity index (χ2v) is 4.79. The fourth-order valence-corrected chi connectivity index (χ4v) is 1.83. The van der Waals surface area contributed by atoms with Crippen molar-refractivity contribution in [2.75, 3.05) is 22.9 Å². The average Bonchev–Trinajstić information content (AvgIpc) is 2.95. The van der Waals surface area contributed by atoms with Crippen molar-refractivity contribution in [1.29, 1.82) is 0 Å². The molecule has 1 aromatic heterocycles. The molecule has 0 aliphatic heterocycles. The van der Waals surface area contributed by atoms with Crippen molar-refractivity contribution in [3.63, 3.8) is 0 Å². The molecule has 88 valence electrons. The van der Waals surface area contributed by atoms with Crippen molar-refractivity contribution in [2.24, 2.45) is 5.92 Å². The fraction of sp³-hybridized carbons (Fsp3) is 0.636. The summed E-state index contributed by atoms with van der Waals surface area (Å²) in [7, 11) is 0. The molecule has 0 aromatic carbocycles. The molecule has 16 heavy (non-hydrogen) atoms. The van der Waals surface area contributed by atoms with Crippen LogP contribution >= 0.6 is 0 Å². The molecule has 5 heteroatoms. The van der Waals surface area contributed by atoms with E-state index in [9.17, 15) is 0 Å². The van der Waals surface area contributed by atoms with E-state index < -0.39 is 0 Å². The van der Waals surface area contributed by atoms with Crippen molar-refractivity contribution in [3.8, 4) is 0 Å². The molecule has 1 heterocycles. The summed E-state index contributed by atoms with van der Waals surface area (Å²) in [5.41, 5.74) is 11.3. The van der Waals surface area contributed by atoms with Gasteiger partial charge in [-0.15, -0.1) is 0 Å². The average molecular weight is 221 g/mol. The third-order valence-corrected chi connectivity index (χ3v) is 2.59. The summed E-state index contributed by atoms with van der Waals surface area (Å²) in [6.45, 7) is 5.38. The SMILES string of the molecule is CC(C)CN(c1cc(N)nc(N)n1)C1CC1. The predicted octanol–water partition coefficient (Wildman–Crippen LogP) is 1.27. The summed E-state index contributed by atoms with van der Waals surface area (Å²) in [4.78, 5) is 10.4. The lowest BCUT2D eigenvalue weighted by Crippen LogP contribution is -2.31. The number of hydrogen-bond acceptors (Lipinski definition) is 5. The first-order valence-electron chi connectivity index (χ1n) is 5.73. The Morgan fingerprint density at radius 2 is 2.06 bits per heavy atom. The second kappa shape index (κ2) is 4.15. The lowest BCUT2D eigenvalue weighted by atomic mass is 10.2. The third-order valence-electron chi connectivity index (χ3n) is 2.59. The Kier molecular flexibility index (Phi) is 2.85. The van der Waals surface area contributed by atoms with Gasteiger partial charge in [0, 0.05) is 18.7 Å². The van der Waals surface area contributed by atoms with E-state index >= 15 is 0 Å². The van der Waals surface area contributed by atoms with Gasteiger partial charge in [-0.2, -0.15) is 9.97 Å². The van der Waals surface area contributed by atoms with Gasteiger partial charge in [0.15, 0.2) is 0 Å². The normalized spacial score (nSPS) is 15.4. The van der Waals surface area contributed by atoms with E-state index in [1.165, 1.54) is 12.8 Å². The van der Waals surface area contributed by atoms with Gasteiger partial charge in [-0.25, -0.2) is 0 Å². The monoisotopic (exact) mass is 221 g/mol. The van der Waals surface area contributed by atoms with Gasteiger partial charge in [0.05, 0.1) is 0 Å². The van der Waals surface area contributed by atoms with Crippen LogP contribution in [0.25, 0.3) is 0 Å². The number of aromatic nitrogens is 2. The van der Waals surface area contributed by atoms with Crippen LogP contribution in [0, 0.1) is 5.92 Å². The number of nitrogens with zero attached hydrogens (tertiary/aromatic N) is 3. The number of rotatable bonds is 4. The van der Waals surface area contributed by atoms with Gasteiger partial charge in [0.2, 0.25) is 5.95 Å². The molecule has 1 aliphatic carbocycles. The number of anilines is 3. The molecule has 0 spiro atoms. The van der Waals surface area contributed by atoms with Gasteiger partial charge in [-0.1, -0.05) is 13.8 Å². The standard InChI is InChI=1S/C11H19N5/c1-7(2)6-16(8-3-4-8)10-5-9(12)14-11(13)15-10/h5,7-8H,3-4,6H2,1-2H3,(H4,12,13,14,15). The van der Waals surface area contributed by atoms with Crippen LogP contribution in [0.4, 0.5) is 17.6 Å². The summed E-state index contributed by atoms with van der Waals surface area (Å²) in [6.07, 6.45) is 2.47. The molecule has 0 atom stereocenters.